The van der Waals surface area contributed by atoms with Crippen molar-refractivity contribution >= 4 is 35.5 Å². The van der Waals surface area contributed by atoms with Gasteiger partial charge in [-0.1, -0.05) is 0 Å². The Labute approximate surface area is 91.9 Å². The molecule has 56 valence electrons. The van der Waals surface area contributed by atoms with E-state index in [1.54, 1.807) is 0 Å². The van der Waals surface area contributed by atoms with Gasteiger partial charge in [0.15, 0.2) is 0 Å². The zero-order valence-electron chi connectivity index (χ0n) is 5.61. The van der Waals surface area contributed by atoms with Crippen LogP contribution in [0.3, 0.4) is 0 Å². The van der Waals surface area contributed by atoms with Crippen LogP contribution >= 0.6 is 0 Å². The molecule has 1 N–H and O–H groups in total. The predicted molar refractivity (Wildman–Crippen MR) is 45.3 cm³/mol. The Balaban J connectivity index is 0.00000121. The maximum absolute atomic E-state index is 10.3. The van der Waals surface area contributed by atoms with Gasteiger partial charge in [0.05, 0.1) is 17.2 Å². The van der Waals surface area contributed by atoms with Crippen LogP contribution in [0.2, 0.25) is 0 Å². The van der Waals surface area contributed by atoms with Crippen LogP contribution in [0.5, 0.6) is 0 Å². The number of benzene rings is 1. The number of hydrogen-bond acceptors (Lipinski definition) is 2. The Kier molecular flexibility index (Phi) is 4.60. The van der Waals surface area contributed by atoms with E-state index in [9.17, 15) is 4.79 Å². The van der Waals surface area contributed by atoms with Crippen molar-refractivity contribution in [3.05, 3.63) is 35.4 Å². The number of nitrogens with zero attached hydrogens (tertiary/aromatic N) is 1. The first kappa shape index (κ1) is 11.2. The molecule has 12 heavy (non-hydrogen) atoms. The van der Waals surface area contributed by atoms with E-state index in [1.807, 2.05) is 6.07 Å². The van der Waals surface area contributed by atoms with Crippen LogP contribution in [-0.4, -0.2) is 40.6 Å². The van der Waals surface area contributed by atoms with E-state index in [0.29, 0.717) is 5.56 Å². The number of carboxylic acid groups (broad SMARTS) is 1. The fraction of sp³-hybridized carbons (Fsp3) is 0. The SMILES string of the molecule is N#Cc1ccc(C(=O)O)cc1.[NaH]. The van der Waals surface area contributed by atoms with Gasteiger partial charge in [0, 0.05) is 0 Å². The summed E-state index contributed by atoms with van der Waals surface area (Å²) in [5.74, 6) is -0.977. The number of rotatable bonds is 1. The zero-order chi connectivity index (χ0) is 8.27. The molecule has 0 bridgehead atoms. The third-order valence-corrected chi connectivity index (χ3v) is 1.26. The van der Waals surface area contributed by atoms with Crippen LogP contribution in [0, 0.1) is 11.3 Å². The minimum absolute atomic E-state index is 0. The van der Waals surface area contributed by atoms with E-state index in [1.165, 1.54) is 24.3 Å². The monoisotopic (exact) mass is 171 g/mol. The van der Waals surface area contributed by atoms with Crippen molar-refractivity contribution in [2.45, 2.75) is 0 Å². The van der Waals surface area contributed by atoms with Gasteiger partial charge in [0.1, 0.15) is 0 Å². The number of carboxylic acids is 1. The van der Waals surface area contributed by atoms with Gasteiger partial charge in [-0.05, 0) is 24.3 Å². The summed E-state index contributed by atoms with van der Waals surface area (Å²) in [5.41, 5.74) is 0.666. The molecule has 3 nitrogen and oxygen atoms in total. The summed E-state index contributed by atoms with van der Waals surface area (Å²) in [7, 11) is 0. The Morgan fingerprint density at radius 3 is 2.17 bits per heavy atom. The van der Waals surface area contributed by atoms with Crippen LogP contribution in [-0.2, 0) is 0 Å². The van der Waals surface area contributed by atoms with E-state index in [-0.39, 0.29) is 35.1 Å². The average Bonchev–Trinajstić information content (AvgIpc) is 2.05. The second-order valence-corrected chi connectivity index (χ2v) is 1.99. The van der Waals surface area contributed by atoms with E-state index in [0.717, 1.165) is 0 Å². The van der Waals surface area contributed by atoms with Gasteiger partial charge in [0.25, 0.3) is 0 Å². The molecule has 0 spiro atoms. The molecule has 1 aromatic rings. The molecule has 0 aliphatic carbocycles. The van der Waals surface area contributed by atoms with Crippen LogP contribution in [0.25, 0.3) is 0 Å². The summed E-state index contributed by atoms with van der Waals surface area (Å²) >= 11 is 0. The fourth-order valence-electron chi connectivity index (χ4n) is 0.687. The first-order valence-corrected chi connectivity index (χ1v) is 2.97. The van der Waals surface area contributed by atoms with Crippen LogP contribution in [0.4, 0.5) is 0 Å². The molecule has 0 atom stereocenters. The van der Waals surface area contributed by atoms with Crippen LogP contribution in [0.15, 0.2) is 24.3 Å². The predicted octanol–water partition coefficient (Wildman–Crippen LogP) is 0.608. The van der Waals surface area contributed by atoms with Crippen molar-refractivity contribution in [2.75, 3.05) is 0 Å². The Morgan fingerprint density at radius 2 is 1.83 bits per heavy atom. The topological polar surface area (TPSA) is 61.1 Å². The van der Waals surface area contributed by atoms with Crippen molar-refractivity contribution in [1.29, 1.82) is 5.26 Å². The van der Waals surface area contributed by atoms with E-state index >= 15 is 0 Å². The van der Waals surface area contributed by atoms with E-state index in [2.05, 4.69) is 0 Å². The molecule has 0 radical (unpaired) electrons. The normalized spacial score (nSPS) is 7.92. The fourth-order valence-corrected chi connectivity index (χ4v) is 0.687. The zero-order valence-corrected chi connectivity index (χ0v) is 5.61. The first-order chi connectivity index (χ1) is 5.24. The van der Waals surface area contributed by atoms with Gasteiger partial charge in [-0.2, -0.15) is 5.26 Å². The molecule has 0 aromatic heterocycles. The first-order valence-electron chi connectivity index (χ1n) is 2.97. The van der Waals surface area contributed by atoms with E-state index in [4.69, 9.17) is 10.4 Å². The molecule has 1 rings (SSSR count). The van der Waals surface area contributed by atoms with Gasteiger partial charge in [0.2, 0.25) is 0 Å². The van der Waals surface area contributed by atoms with Gasteiger partial charge in [-0.3, -0.25) is 0 Å². The number of nitriles is 1. The van der Waals surface area contributed by atoms with Gasteiger partial charge in [-0.25, -0.2) is 4.79 Å². The molecule has 4 heteroatoms. The van der Waals surface area contributed by atoms with Crippen molar-refractivity contribution in [3.8, 4) is 6.07 Å². The Hall–Kier alpha value is -0.820. The van der Waals surface area contributed by atoms with Crippen LogP contribution < -0.4 is 0 Å². The van der Waals surface area contributed by atoms with Crippen molar-refractivity contribution in [3.63, 3.8) is 0 Å². The molecule has 0 saturated carbocycles. The average molecular weight is 171 g/mol. The third kappa shape index (κ3) is 2.67. The molecule has 0 saturated heterocycles. The maximum atomic E-state index is 10.3. The van der Waals surface area contributed by atoms with Gasteiger partial charge >= 0.3 is 35.5 Å². The molecule has 0 aliphatic heterocycles. The molecule has 0 heterocycles. The summed E-state index contributed by atoms with van der Waals surface area (Å²) in [6, 6.07) is 7.66. The number of carbonyl (C=O) groups is 1. The van der Waals surface area contributed by atoms with Gasteiger partial charge < -0.3 is 5.11 Å². The Morgan fingerprint density at radius 1 is 1.33 bits per heavy atom. The van der Waals surface area contributed by atoms with Gasteiger partial charge in [-0.15, -0.1) is 0 Å². The number of hydrogen-bond donors (Lipinski definition) is 1. The minimum atomic E-state index is -0.977. The summed E-state index contributed by atoms with van der Waals surface area (Å²) in [4.78, 5) is 10.3. The summed E-state index contributed by atoms with van der Waals surface area (Å²) < 4.78 is 0. The third-order valence-electron chi connectivity index (χ3n) is 1.26. The second kappa shape index (κ2) is 4.94. The molecular weight excluding hydrogens is 165 g/mol. The van der Waals surface area contributed by atoms with Crippen molar-refractivity contribution < 1.29 is 9.90 Å². The molecule has 0 amide bonds. The van der Waals surface area contributed by atoms with Crippen molar-refractivity contribution in [1.82, 2.24) is 0 Å². The standard InChI is InChI=1S/C8H5NO2.Na.H/c9-5-6-1-3-7(4-2-6)8(10)11;;/h1-4H,(H,10,11);;. The summed E-state index contributed by atoms with van der Waals surface area (Å²) in [6.45, 7) is 0. The molecule has 0 aliphatic rings. The van der Waals surface area contributed by atoms with E-state index < -0.39 is 5.97 Å². The molecule has 1 aromatic carbocycles. The summed E-state index contributed by atoms with van der Waals surface area (Å²) in [5, 5.41) is 16.8. The number of aromatic carboxylic acids is 1. The molecule has 0 fully saturated rings. The molecule has 0 unspecified atom stereocenters. The quantitative estimate of drug-likeness (QED) is 0.629. The molecular formula is C8H6NNaO2. The Bertz CT molecular complexity index is 313. The van der Waals surface area contributed by atoms with Crippen molar-refractivity contribution in [2.24, 2.45) is 0 Å². The summed E-state index contributed by atoms with van der Waals surface area (Å²) in [6.07, 6.45) is 0. The van der Waals surface area contributed by atoms with Crippen LogP contribution in [0.1, 0.15) is 15.9 Å². The second-order valence-electron chi connectivity index (χ2n) is 1.99.